The van der Waals surface area contributed by atoms with Crippen LogP contribution in [0.4, 0.5) is 0 Å². The van der Waals surface area contributed by atoms with Gasteiger partial charge in [0, 0.05) is 24.7 Å². The number of hydrogen-bond donors (Lipinski definition) is 0. The first-order valence-corrected chi connectivity index (χ1v) is 8.80. The lowest BCUT2D eigenvalue weighted by molar-refractivity contribution is -0.136. The molecule has 2 aromatic carbocycles. The zero-order valence-corrected chi connectivity index (χ0v) is 14.8. The van der Waals surface area contributed by atoms with Gasteiger partial charge < -0.3 is 0 Å². The van der Waals surface area contributed by atoms with Crippen LogP contribution < -0.4 is 0 Å². The molecule has 0 saturated heterocycles. The second-order valence-corrected chi connectivity index (χ2v) is 6.77. The molecule has 0 fully saturated rings. The van der Waals surface area contributed by atoms with E-state index in [0.717, 1.165) is 27.9 Å². The van der Waals surface area contributed by atoms with Crippen LogP contribution in [0.3, 0.4) is 0 Å². The van der Waals surface area contributed by atoms with Crippen LogP contribution in [0.5, 0.6) is 0 Å². The van der Waals surface area contributed by atoms with Gasteiger partial charge in [-0.25, -0.2) is 5.01 Å². The predicted octanol–water partition coefficient (Wildman–Crippen LogP) is 3.96. The summed E-state index contributed by atoms with van der Waals surface area (Å²) in [5, 5.41) is 6.33. The summed E-state index contributed by atoms with van der Waals surface area (Å²) in [6.07, 6.45) is 4.06. The fourth-order valence-electron chi connectivity index (χ4n) is 3.23. The molecule has 26 heavy (non-hydrogen) atoms. The maximum atomic E-state index is 12.8. The Labute approximate surface area is 152 Å². The van der Waals surface area contributed by atoms with E-state index >= 15 is 0 Å². The number of carbonyl (C=O) groups is 1. The first-order chi connectivity index (χ1) is 12.6. The fraction of sp³-hybridized carbons (Fsp3) is 0.238. The molecule has 0 radical (unpaired) electrons. The van der Waals surface area contributed by atoms with Crippen molar-refractivity contribution in [1.82, 2.24) is 15.0 Å². The first-order valence-electron chi connectivity index (χ1n) is 8.80. The van der Waals surface area contributed by atoms with E-state index in [-0.39, 0.29) is 17.9 Å². The standard InChI is InChI=1S/C21H20N4O/c1-14(2)21(26)25-20(13-18(24-25)15-6-4-3-5-7-15)16-8-9-17-19(12-16)23-11-10-22-17/h3-12,14,20H,13H2,1-2H3/t20-/m0/s1. The largest absolute Gasteiger partial charge is 0.273 e. The molecule has 1 aliphatic heterocycles. The van der Waals surface area contributed by atoms with Crippen LogP contribution in [0.15, 0.2) is 66.0 Å². The average Bonchev–Trinajstić information content (AvgIpc) is 3.13. The van der Waals surface area contributed by atoms with Gasteiger partial charge in [0.05, 0.1) is 22.8 Å². The van der Waals surface area contributed by atoms with Crippen molar-refractivity contribution in [3.05, 3.63) is 72.1 Å². The second kappa shape index (κ2) is 6.67. The monoisotopic (exact) mass is 344 g/mol. The van der Waals surface area contributed by atoms with E-state index in [9.17, 15) is 4.79 Å². The summed E-state index contributed by atoms with van der Waals surface area (Å²) < 4.78 is 0. The Balaban J connectivity index is 1.74. The van der Waals surface area contributed by atoms with E-state index in [1.165, 1.54) is 0 Å². The van der Waals surface area contributed by atoms with E-state index in [4.69, 9.17) is 0 Å². The minimum absolute atomic E-state index is 0.0279. The smallest absolute Gasteiger partial charge is 0.245 e. The Kier molecular flexibility index (Phi) is 4.21. The molecule has 4 rings (SSSR count). The highest BCUT2D eigenvalue weighted by Gasteiger charge is 2.34. The van der Waals surface area contributed by atoms with Gasteiger partial charge in [0.2, 0.25) is 5.91 Å². The molecule has 3 aromatic rings. The summed E-state index contributed by atoms with van der Waals surface area (Å²) in [6, 6.07) is 15.9. The van der Waals surface area contributed by atoms with Crippen LogP contribution in [0, 0.1) is 5.92 Å². The van der Waals surface area contributed by atoms with Gasteiger partial charge in [-0.05, 0) is 23.3 Å². The average molecular weight is 344 g/mol. The normalized spacial score (nSPS) is 17.0. The van der Waals surface area contributed by atoms with Crippen molar-refractivity contribution in [2.75, 3.05) is 0 Å². The van der Waals surface area contributed by atoms with Crippen LogP contribution in [-0.2, 0) is 4.79 Å². The molecule has 130 valence electrons. The van der Waals surface area contributed by atoms with Crippen LogP contribution >= 0.6 is 0 Å². The minimum atomic E-state index is -0.119. The number of rotatable bonds is 3. The maximum absolute atomic E-state index is 12.8. The van der Waals surface area contributed by atoms with Gasteiger partial charge >= 0.3 is 0 Å². The highest BCUT2D eigenvalue weighted by atomic mass is 16.2. The van der Waals surface area contributed by atoms with Crippen molar-refractivity contribution in [2.24, 2.45) is 11.0 Å². The minimum Gasteiger partial charge on any atom is -0.273 e. The number of hydrazone groups is 1. The van der Waals surface area contributed by atoms with E-state index in [0.29, 0.717) is 6.42 Å². The maximum Gasteiger partial charge on any atom is 0.245 e. The van der Waals surface area contributed by atoms with Crippen molar-refractivity contribution in [3.8, 4) is 0 Å². The molecular weight excluding hydrogens is 324 g/mol. The summed E-state index contributed by atoms with van der Waals surface area (Å²) >= 11 is 0. The number of fused-ring (bicyclic) bond motifs is 1. The number of amides is 1. The fourth-order valence-corrected chi connectivity index (χ4v) is 3.23. The lowest BCUT2D eigenvalue weighted by Crippen LogP contribution is -2.30. The Bertz CT molecular complexity index is 981. The van der Waals surface area contributed by atoms with Crippen LogP contribution in [0.1, 0.15) is 37.4 Å². The summed E-state index contributed by atoms with van der Waals surface area (Å²) in [5.74, 6) is -0.0863. The van der Waals surface area contributed by atoms with Crippen LogP contribution in [0.25, 0.3) is 11.0 Å². The number of benzene rings is 2. The van der Waals surface area contributed by atoms with Crippen molar-refractivity contribution in [2.45, 2.75) is 26.3 Å². The molecule has 0 bridgehead atoms. The number of hydrogen-bond acceptors (Lipinski definition) is 4. The van der Waals surface area contributed by atoms with Crippen molar-refractivity contribution >= 4 is 22.7 Å². The van der Waals surface area contributed by atoms with Gasteiger partial charge in [-0.15, -0.1) is 0 Å². The van der Waals surface area contributed by atoms with E-state index < -0.39 is 0 Å². The zero-order valence-electron chi connectivity index (χ0n) is 14.8. The first kappa shape index (κ1) is 16.4. The molecule has 1 amide bonds. The summed E-state index contributed by atoms with van der Waals surface area (Å²) in [5.41, 5.74) is 4.69. The molecule has 0 N–H and O–H groups in total. The van der Waals surface area contributed by atoms with Gasteiger partial charge in [-0.3, -0.25) is 14.8 Å². The van der Waals surface area contributed by atoms with Gasteiger partial charge in [-0.1, -0.05) is 50.2 Å². The Morgan fingerprint density at radius 3 is 2.50 bits per heavy atom. The Hall–Kier alpha value is -3.08. The molecule has 1 atom stereocenters. The third-order valence-electron chi connectivity index (χ3n) is 4.62. The highest BCUT2D eigenvalue weighted by Crippen LogP contribution is 2.34. The van der Waals surface area contributed by atoms with E-state index in [2.05, 4.69) is 15.1 Å². The zero-order chi connectivity index (χ0) is 18.1. The van der Waals surface area contributed by atoms with Crippen LogP contribution in [-0.4, -0.2) is 26.6 Å². The third kappa shape index (κ3) is 2.96. The lowest BCUT2D eigenvalue weighted by atomic mass is 9.97. The summed E-state index contributed by atoms with van der Waals surface area (Å²) in [7, 11) is 0. The van der Waals surface area contributed by atoms with Crippen LogP contribution in [0.2, 0.25) is 0 Å². The summed E-state index contributed by atoms with van der Waals surface area (Å²) in [6.45, 7) is 3.81. The van der Waals surface area contributed by atoms with Crippen molar-refractivity contribution in [1.29, 1.82) is 0 Å². The molecule has 0 spiro atoms. The quantitative estimate of drug-likeness (QED) is 0.722. The van der Waals surface area contributed by atoms with Crippen molar-refractivity contribution < 1.29 is 4.79 Å². The Morgan fingerprint density at radius 1 is 1.04 bits per heavy atom. The highest BCUT2D eigenvalue weighted by molar-refractivity contribution is 6.03. The van der Waals surface area contributed by atoms with Gasteiger partial charge in [0.1, 0.15) is 0 Å². The molecule has 0 aliphatic carbocycles. The van der Waals surface area contributed by atoms with Gasteiger partial charge in [0.15, 0.2) is 0 Å². The summed E-state index contributed by atoms with van der Waals surface area (Å²) in [4.78, 5) is 21.5. The topological polar surface area (TPSA) is 58.5 Å². The molecule has 2 heterocycles. The number of nitrogens with zero attached hydrogens (tertiary/aromatic N) is 4. The SMILES string of the molecule is CC(C)C(=O)N1N=C(c2ccccc2)C[C@H]1c1ccc2nccnc2c1. The molecule has 1 aromatic heterocycles. The molecule has 0 saturated carbocycles. The molecule has 5 heteroatoms. The Morgan fingerprint density at radius 2 is 1.77 bits per heavy atom. The molecule has 0 unspecified atom stereocenters. The lowest BCUT2D eigenvalue weighted by Gasteiger charge is -2.23. The number of aromatic nitrogens is 2. The third-order valence-corrected chi connectivity index (χ3v) is 4.62. The predicted molar refractivity (Wildman–Crippen MR) is 102 cm³/mol. The van der Waals surface area contributed by atoms with Gasteiger partial charge in [0.25, 0.3) is 0 Å². The van der Waals surface area contributed by atoms with Gasteiger partial charge in [-0.2, -0.15) is 5.10 Å². The molecule has 5 nitrogen and oxygen atoms in total. The van der Waals surface area contributed by atoms with E-state index in [1.54, 1.807) is 17.4 Å². The molecule has 1 aliphatic rings. The van der Waals surface area contributed by atoms with E-state index in [1.807, 2.05) is 62.4 Å². The second-order valence-electron chi connectivity index (χ2n) is 6.77. The number of carbonyl (C=O) groups excluding carboxylic acids is 1. The van der Waals surface area contributed by atoms with Crippen molar-refractivity contribution in [3.63, 3.8) is 0 Å². The molecular formula is C21H20N4O.